The van der Waals surface area contributed by atoms with E-state index in [0.29, 0.717) is 6.42 Å². The van der Waals surface area contributed by atoms with Gasteiger partial charge < -0.3 is 14.8 Å². The second-order valence-corrected chi connectivity index (χ2v) is 5.29. The molecule has 1 rings (SSSR count). The van der Waals surface area contributed by atoms with Gasteiger partial charge in [-0.3, -0.25) is 4.79 Å². The van der Waals surface area contributed by atoms with Crippen LogP contribution in [0.4, 0.5) is 0 Å². The van der Waals surface area contributed by atoms with Gasteiger partial charge in [0.25, 0.3) is 5.91 Å². The number of esters is 2. The molecule has 7 nitrogen and oxygen atoms in total. The van der Waals surface area contributed by atoms with Crippen LogP contribution in [-0.2, 0) is 19.1 Å². The Labute approximate surface area is 139 Å². The Kier molecular flexibility index (Phi) is 7.47. The molecule has 0 unspecified atom stereocenters. The van der Waals surface area contributed by atoms with E-state index < -0.39 is 30.5 Å². The van der Waals surface area contributed by atoms with Crippen molar-refractivity contribution in [1.82, 2.24) is 10.3 Å². The lowest BCUT2D eigenvalue weighted by Crippen LogP contribution is -2.47. The van der Waals surface area contributed by atoms with Crippen LogP contribution in [0.2, 0.25) is 5.15 Å². The van der Waals surface area contributed by atoms with Gasteiger partial charge in [0.1, 0.15) is 11.2 Å². The molecule has 23 heavy (non-hydrogen) atoms. The van der Waals surface area contributed by atoms with E-state index in [4.69, 9.17) is 16.3 Å². The van der Waals surface area contributed by atoms with Gasteiger partial charge in [-0.05, 0) is 18.1 Å². The number of hydrogen-bond acceptors (Lipinski definition) is 6. The summed E-state index contributed by atoms with van der Waals surface area (Å²) in [7, 11) is 1.25. The summed E-state index contributed by atoms with van der Waals surface area (Å²) in [4.78, 5) is 39.0. The molecule has 0 radical (unpaired) electrons. The number of carbonyl (C=O) groups is 3. The minimum Gasteiger partial charge on any atom is -0.467 e. The second-order valence-electron chi connectivity index (χ2n) is 4.90. The Morgan fingerprint density at radius 2 is 2.04 bits per heavy atom. The molecule has 0 saturated carbocycles. The van der Waals surface area contributed by atoms with Crippen LogP contribution in [0.1, 0.15) is 30.6 Å². The van der Waals surface area contributed by atoms with Gasteiger partial charge in [0, 0.05) is 6.20 Å². The average molecular weight is 343 g/mol. The summed E-state index contributed by atoms with van der Waals surface area (Å²) in [5.41, 5.74) is 0.175. The molecule has 1 aromatic rings. The monoisotopic (exact) mass is 342 g/mol. The van der Waals surface area contributed by atoms with Gasteiger partial charge in [-0.15, -0.1) is 0 Å². The Morgan fingerprint density at radius 3 is 2.57 bits per heavy atom. The van der Waals surface area contributed by atoms with E-state index in [1.54, 1.807) is 0 Å². The maximum atomic E-state index is 11.9. The number of ether oxygens (including phenoxy) is 2. The van der Waals surface area contributed by atoms with Crippen LogP contribution in [0, 0.1) is 5.92 Å². The van der Waals surface area contributed by atoms with Crippen molar-refractivity contribution in [2.24, 2.45) is 5.92 Å². The van der Waals surface area contributed by atoms with Crippen LogP contribution < -0.4 is 5.32 Å². The van der Waals surface area contributed by atoms with Crippen LogP contribution in [-0.4, -0.2) is 42.6 Å². The zero-order valence-corrected chi connectivity index (χ0v) is 13.9. The molecule has 1 aromatic heterocycles. The number of carbonyl (C=O) groups excluding carboxylic acids is 3. The normalized spacial score (nSPS) is 12.9. The number of halogens is 1. The fourth-order valence-electron chi connectivity index (χ4n) is 1.72. The van der Waals surface area contributed by atoms with Crippen molar-refractivity contribution < 1.29 is 23.9 Å². The molecular weight excluding hydrogens is 324 g/mol. The van der Waals surface area contributed by atoms with E-state index in [2.05, 4.69) is 15.0 Å². The van der Waals surface area contributed by atoms with Crippen molar-refractivity contribution in [2.75, 3.05) is 13.7 Å². The maximum Gasteiger partial charge on any atom is 0.340 e. The molecule has 126 valence electrons. The third-order valence-corrected chi connectivity index (χ3v) is 3.51. The summed E-state index contributed by atoms with van der Waals surface area (Å²) < 4.78 is 9.53. The van der Waals surface area contributed by atoms with Crippen LogP contribution in [0.25, 0.3) is 0 Å². The Bertz CT molecular complexity index is 561. The third-order valence-electron chi connectivity index (χ3n) is 3.28. The number of nitrogens with one attached hydrogen (secondary N) is 1. The first-order valence-electron chi connectivity index (χ1n) is 7.04. The summed E-state index contributed by atoms with van der Waals surface area (Å²) in [6, 6.07) is 2.09. The second kappa shape index (κ2) is 9.09. The van der Waals surface area contributed by atoms with Crippen molar-refractivity contribution in [2.45, 2.75) is 26.3 Å². The highest BCUT2D eigenvalue weighted by molar-refractivity contribution is 6.29. The third kappa shape index (κ3) is 5.86. The molecule has 1 N–H and O–H groups in total. The predicted molar refractivity (Wildman–Crippen MR) is 82.9 cm³/mol. The first-order chi connectivity index (χ1) is 10.9. The average Bonchev–Trinajstić information content (AvgIpc) is 2.56. The van der Waals surface area contributed by atoms with Gasteiger partial charge in [-0.25, -0.2) is 14.6 Å². The number of amides is 1. The number of methoxy groups -OCH3 is 1. The zero-order valence-electron chi connectivity index (χ0n) is 13.2. The van der Waals surface area contributed by atoms with E-state index in [0.717, 1.165) is 0 Å². The van der Waals surface area contributed by atoms with E-state index in [1.807, 2.05) is 13.8 Å². The molecule has 1 amide bonds. The predicted octanol–water partition coefficient (Wildman–Crippen LogP) is 1.60. The Morgan fingerprint density at radius 1 is 1.35 bits per heavy atom. The molecule has 0 saturated heterocycles. The molecular formula is C15H19ClN2O5. The van der Waals surface area contributed by atoms with Gasteiger partial charge in [0.2, 0.25) is 0 Å². The Hall–Kier alpha value is -2.15. The van der Waals surface area contributed by atoms with Crippen molar-refractivity contribution in [3.63, 3.8) is 0 Å². The van der Waals surface area contributed by atoms with E-state index in [9.17, 15) is 14.4 Å². The summed E-state index contributed by atoms with van der Waals surface area (Å²) in [5, 5.41) is 2.75. The number of pyridine rings is 1. The van der Waals surface area contributed by atoms with Gasteiger partial charge in [0.15, 0.2) is 6.61 Å². The van der Waals surface area contributed by atoms with Gasteiger partial charge in [-0.2, -0.15) is 0 Å². The van der Waals surface area contributed by atoms with E-state index >= 15 is 0 Å². The van der Waals surface area contributed by atoms with Crippen molar-refractivity contribution in [3.05, 3.63) is 29.0 Å². The molecule has 2 atom stereocenters. The summed E-state index contributed by atoms with van der Waals surface area (Å²) in [6.45, 7) is 3.19. The van der Waals surface area contributed by atoms with Crippen molar-refractivity contribution >= 4 is 29.4 Å². The zero-order chi connectivity index (χ0) is 17.4. The summed E-state index contributed by atoms with van der Waals surface area (Å²) in [6.07, 6.45) is 1.93. The lowest BCUT2D eigenvalue weighted by atomic mass is 9.99. The van der Waals surface area contributed by atoms with Crippen LogP contribution in [0.5, 0.6) is 0 Å². The lowest BCUT2D eigenvalue weighted by molar-refractivity contribution is -0.147. The molecule has 8 heteroatoms. The lowest BCUT2D eigenvalue weighted by Gasteiger charge is -2.21. The first kappa shape index (κ1) is 18.9. The highest BCUT2D eigenvalue weighted by Crippen LogP contribution is 2.09. The first-order valence-corrected chi connectivity index (χ1v) is 7.42. The summed E-state index contributed by atoms with van der Waals surface area (Å²) in [5.74, 6) is -1.94. The number of aromatic nitrogens is 1. The molecule has 0 aromatic carbocycles. The minimum atomic E-state index is -0.784. The molecule has 1 heterocycles. The SMILES string of the molecule is CC[C@@H](C)[C@@H](NC(=O)COC(=O)c1ccc(Cl)nc1)C(=O)OC. The molecule has 0 bridgehead atoms. The molecule has 0 spiro atoms. The van der Waals surface area contributed by atoms with E-state index in [1.165, 1.54) is 25.4 Å². The van der Waals surface area contributed by atoms with Gasteiger partial charge in [-0.1, -0.05) is 31.9 Å². The highest BCUT2D eigenvalue weighted by atomic mass is 35.5. The summed E-state index contributed by atoms with van der Waals surface area (Å²) >= 11 is 5.62. The number of nitrogens with zero attached hydrogens (tertiary/aromatic N) is 1. The topological polar surface area (TPSA) is 94.6 Å². The van der Waals surface area contributed by atoms with Crippen LogP contribution >= 0.6 is 11.6 Å². The van der Waals surface area contributed by atoms with Crippen LogP contribution in [0.15, 0.2) is 18.3 Å². The van der Waals surface area contributed by atoms with Gasteiger partial charge in [0.05, 0.1) is 12.7 Å². The fraction of sp³-hybridized carbons (Fsp3) is 0.467. The molecule has 0 aliphatic carbocycles. The smallest absolute Gasteiger partial charge is 0.340 e. The van der Waals surface area contributed by atoms with Crippen molar-refractivity contribution in [1.29, 1.82) is 0 Å². The number of hydrogen-bond donors (Lipinski definition) is 1. The minimum absolute atomic E-state index is 0.109. The maximum absolute atomic E-state index is 11.9. The quantitative estimate of drug-likeness (QED) is 0.597. The number of rotatable bonds is 7. The van der Waals surface area contributed by atoms with E-state index in [-0.39, 0.29) is 16.6 Å². The van der Waals surface area contributed by atoms with Crippen molar-refractivity contribution in [3.8, 4) is 0 Å². The highest BCUT2D eigenvalue weighted by Gasteiger charge is 2.27. The fourth-order valence-corrected chi connectivity index (χ4v) is 1.83. The van der Waals surface area contributed by atoms with Crippen LogP contribution in [0.3, 0.4) is 0 Å². The standard InChI is InChI=1S/C15H19ClN2O5/c1-4-9(2)13(15(21)22-3)18-12(19)8-23-14(20)10-5-6-11(16)17-7-10/h5-7,9,13H,4,8H2,1-3H3,(H,18,19)/t9-,13-/m1/s1. The molecule has 0 fully saturated rings. The Balaban J connectivity index is 2.56. The molecule has 0 aliphatic rings. The molecule has 0 aliphatic heterocycles. The van der Waals surface area contributed by atoms with Gasteiger partial charge >= 0.3 is 11.9 Å². The largest absolute Gasteiger partial charge is 0.467 e.